The van der Waals surface area contributed by atoms with Gasteiger partial charge >= 0.3 is 6.09 Å². The van der Waals surface area contributed by atoms with E-state index in [4.69, 9.17) is 14.2 Å². The summed E-state index contributed by atoms with van der Waals surface area (Å²) in [6, 6.07) is -0.0279. The van der Waals surface area contributed by atoms with E-state index in [1.807, 2.05) is 34.6 Å². The number of epoxide rings is 1. The highest BCUT2D eigenvalue weighted by Crippen LogP contribution is 2.34. The van der Waals surface area contributed by atoms with E-state index >= 15 is 0 Å². The van der Waals surface area contributed by atoms with Crippen LogP contribution in [0.1, 0.15) is 34.6 Å². The highest BCUT2D eigenvalue weighted by atomic mass is 16.6. The largest absolute Gasteiger partial charge is 0.444 e. The van der Waals surface area contributed by atoms with Crippen molar-refractivity contribution in [1.29, 1.82) is 0 Å². The predicted molar refractivity (Wildman–Crippen MR) is 61.6 cm³/mol. The number of hydrogen-bond acceptors (Lipinski definition) is 4. The Hall–Kier alpha value is -0.810. The minimum Gasteiger partial charge on any atom is -0.444 e. The monoisotopic (exact) mass is 243 g/mol. The number of ether oxygens (including phenoxy) is 3. The summed E-state index contributed by atoms with van der Waals surface area (Å²) in [7, 11) is 0. The first-order chi connectivity index (χ1) is 7.71. The molecule has 0 saturated carbocycles. The van der Waals surface area contributed by atoms with Crippen molar-refractivity contribution in [3.63, 3.8) is 0 Å². The quantitative estimate of drug-likeness (QED) is 0.658. The summed E-state index contributed by atoms with van der Waals surface area (Å²) in [5, 5.41) is 0. The van der Waals surface area contributed by atoms with Crippen molar-refractivity contribution in [3.05, 3.63) is 0 Å². The number of rotatable bonds is 1. The number of nitrogens with zero attached hydrogens (tertiary/aromatic N) is 1. The summed E-state index contributed by atoms with van der Waals surface area (Å²) >= 11 is 0. The van der Waals surface area contributed by atoms with Gasteiger partial charge in [-0.05, 0) is 34.6 Å². The molecular formula is C12H21NO4. The molecule has 2 saturated heterocycles. The van der Waals surface area contributed by atoms with Crippen LogP contribution in [-0.4, -0.2) is 47.7 Å². The van der Waals surface area contributed by atoms with E-state index in [9.17, 15) is 4.79 Å². The third-order valence-electron chi connectivity index (χ3n) is 2.90. The van der Waals surface area contributed by atoms with E-state index in [0.29, 0.717) is 13.2 Å². The summed E-state index contributed by atoms with van der Waals surface area (Å²) in [5.74, 6) is 0. The SMILES string of the molecule is CC(C)(C)OC(=O)N1[C@@H](C2CO2)COC1(C)C. The van der Waals surface area contributed by atoms with Crippen molar-refractivity contribution in [2.45, 2.75) is 58.1 Å². The highest BCUT2D eigenvalue weighted by Gasteiger charge is 2.52. The molecule has 17 heavy (non-hydrogen) atoms. The lowest BCUT2D eigenvalue weighted by Crippen LogP contribution is -2.51. The first kappa shape index (κ1) is 12.6. The lowest BCUT2D eigenvalue weighted by molar-refractivity contribution is -0.0632. The number of hydrogen-bond donors (Lipinski definition) is 0. The zero-order valence-corrected chi connectivity index (χ0v) is 11.1. The Kier molecular flexibility index (Phi) is 2.86. The van der Waals surface area contributed by atoms with Gasteiger partial charge in [0.15, 0.2) is 0 Å². The molecule has 2 aliphatic heterocycles. The second-order valence-electron chi connectivity index (χ2n) is 6.05. The van der Waals surface area contributed by atoms with Crippen LogP contribution in [0.3, 0.4) is 0 Å². The molecular weight excluding hydrogens is 222 g/mol. The van der Waals surface area contributed by atoms with Crippen LogP contribution in [0.4, 0.5) is 4.79 Å². The number of amides is 1. The zero-order valence-electron chi connectivity index (χ0n) is 11.1. The van der Waals surface area contributed by atoms with Crippen LogP contribution in [0.5, 0.6) is 0 Å². The molecule has 0 aromatic carbocycles. The third kappa shape index (κ3) is 2.72. The van der Waals surface area contributed by atoms with Gasteiger partial charge in [-0.1, -0.05) is 0 Å². The molecule has 2 atom stereocenters. The molecule has 0 aromatic rings. The highest BCUT2D eigenvalue weighted by molar-refractivity contribution is 5.70. The Bertz CT molecular complexity index is 317. The van der Waals surface area contributed by atoms with Gasteiger partial charge in [0.1, 0.15) is 17.4 Å². The molecule has 5 nitrogen and oxygen atoms in total. The average Bonchev–Trinajstić information content (AvgIpc) is 2.87. The van der Waals surface area contributed by atoms with E-state index in [1.165, 1.54) is 0 Å². The van der Waals surface area contributed by atoms with Gasteiger partial charge in [0.05, 0.1) is 19.3 Å². The topological polar surface area (TPSA) is 51.3 Å². The maximum Gasteiger partial charge on any atom is 0.412 e. The van der Waals surface area contributed by atoms with Crippen molar-refractivity contribution >= 4 is 6.09 Å². The smallest absolute Gasteiger partial charge is 0.412 e. The normalized spacial score (nSPS) is 31.5. The van der Waals surface area contributed by atoms with Crippen molar-refractivity contribution in [1.82, 2.24) is 4.90 Å². The van der Waals surface area contributed by atoms with E-state index in [0.717, 1.165) is 0 Å². The van der Waals surface area contributed by atoms with Gasteiger partial charge in [-0.3, -0.25) is 4.90 Å². The van der Waals surface area contributed by atoms with Crippen LogP contribution in [0.25, 0.3) is 0 Å². The second-order valence-corrected chi connectivity index (χ2v) is 6.05. The molecule has 2 heterocycles. The van der Waals surface area contributed by atoms with Crippen molar-refractivity contribution in [3.8, 4) is 0 Å². The summed E-state index contributed by atoms with van der Waals surface area (Å²) < 4.78 is 16.3. The first-order valence-electron chi connectivity index (χ1n) is 5.98. The minimum atomic E-state index is -0.626. The summed E-state index contributed by atoms with van der Waals surface area (Å²) in [5.41, 5.74) is -1.12. The lowest BCUT2D eigenvalue weighted by atomic mass is 10.1. The van der Waals surface area contributed by atoms with E-state index in [2.05, 4.69) is 0 Å². The maximum absolute atomic E-state index is 12.2. The van der Waals surface area contributed by atoms with Crippen LogP contribution in [0.2, 0.25) is 0 Å². The fourth-order valence-electron chi connectivity index (χ4n) is 2.05. The van der Waals surface area contributed by atoms with Gasteiger partial charge in [-0.25, -0.2) is 4.79 Å². The Balaban J connectivity index is 2.11. The molecule has 0 N–H and O–H groups in total. The molecule has 0 radical (unpaired) electrons. The van der Waals surface area contributed by atoms with Crippen molar-refractivity contribution < 1.29 is 19.0 Å². The predicted octanol–water partition coefficient (Wildman–Crippen LogP) is 1.76. The van der Waals surface area contributed by atoms with Crippen LogP contribution in [-0.2, 0) is 14.2 Å². The van der Waals surface area contributed by atoms with Crippen LogP contribution in [0.15, 0.2) is 0 Å². The van der Waals surface area contributed by atoms with Crippen LogP contribution >= 0.6 is 0 Å². The van der Waals surface area contributed by atoms with Gasteiger partial charge in [0.2, 0.25) is 0 Å². The Morgan fingerprint density at radius 3 is 2.41 bits per heavy atom. The van der Waals surface area contributed by atoms with Gasteiger partial charge in [-0.15, -0.1) is 0 Å². The van der Waals surface area contributed by atoms with E-state index < -0.39 is 11.3 Å². The average molecular weight is 243 g/mol. The lowest BCUT2D eigenvalue weighted by Gasteiger charge is -2.34. The molecule has 1 amide bonds. The molecule has 2 fully saturated rings. The van der Waals surface area contributed by atoms with Gasteiger partial charge in [-0.2, -0.15) is 0 Å². The zero-order chi connectivity index (χ0) is 12.8. The fraction of sp³-hybridized carbons (Fsp3) is 0.917. The van der Waals surface area contributed by atoms with Gasteiger partial charge in [0.25, 0.3) is 0 Å². The summed E-state index contributed by atoms with van der Waals surface area (Å²) in [6.07, 6.45) is -0.232. The fourth-order valence-corrected chi connectivity index (χ4v) is 2.05. The first-order valence-corrected chi connectivity index (χ1v) is 5.98. The van der Waals surface area contributed by atoms with Crippen LogP contribution < -0.4 is 0 Å². The van der Waals surface area contributed by atoms with Crippen molar-refractivity contribution in [2.75, 3.05) is 13.2 Å². The van der Waals surface area contributed by atoms with Crippen molar-refractivity contribution in [2.24, 2.45) is 0 Å². The maximum atomic E-state index is 12.2. The third-order valence-corrected chi connectivity index (χ3v) is 2.90. The number of carbonyl (C=O) groups excluding carboxylic acids is 1. The Morgan fingerprint density at radius 1 is 1.35 bits per heavy atom. The number of carbonyl (C=O) groups is 1. The molecule has 0 bridgehead atoms. The summed E-state index contributed by atoms with van der Waals surface area (Å²) in [4.78, 5) is 13.8. The minimum absolute atomic E-state index is 0.0279. The molecule has 0 aromatic heterocycles. The van der Waals surface area contributed by atoms with E-state index in [1.54, 1.807) is 4.90 Å². The molecule has 1 unspecified atom stereocenters. The summed E-state index contributed by atoms with van der Waals surface area (Å²) in [6.45, 7) is 10.5. The molecule has 0 spiro atoms. The van der Waals surface area contributed by atoms with Gasteiger partial charge in [0, 0.05) is 0 Å². The second kappa shape index (κ2) is 3.85. The molecule has 5 heteroatoms. The Morgan fingerprint density at radius 2 is 1.94 bits per heavy atom. The standard InChI is InChI=1S/C12H21NO4/c1-11(2,3)17-10(14)13-8(9-7-15-9)6-16-12(13,4)5/h8-9H,6-7H2,1-5H3/t8-,9?/m1/s1. The molecule has 0 aliphatic carbocycles. The molecule has 2 aliphatic rings. The Labute approximate surface area is 102 Å². The molecule has 2 rings (SSSR count). The van der Waals surface area contributed by atoms with Crippen LogP contribution in [0, 0.1) is 0 Å². The van der Waals surface area contributed by atoms with E-state index in [-0.39, 0.29) is 18.2 Å². The van der Waals surface area contributed by atoms with Gasteiger partial charge < -0.3 is 14.2 Å². The molecule has 98 valence electrons.